The first-order chi connectivity index (χ1) is 2.73. The molecular weight excluding hydrogens is 76.1 g/mol. The molecule has 0 aromatic carbocycles. The molecule has 0 aliphatic heterocycles. The van der Waals surface area contributed by atoms with E-state index in [4.69, 9.17) is 5.11 Å². The van der Waals surface area contributed by atoms with Crippen LogP contribution in [0.4, 0.5) is 0 Å². The number of aliphatic hydroxyl groups is 1. The van der Waals surface area contributed by atoms with E-state index in [0.717, 1.165) is 0 Å². The van der Waals surface area contributed by atoms with Crippen LogP contribution in [0.5, 0.6) is 0 Å². The molecule has 1 heteroatoms. The van der Waals surface area contributed by atoms with Crippen LogP contribution < -0.4 is 0 Å². The maximum atomic E-state index is 8.06. The van der Waals surface area contributed by atoms with Gasteiger partial charge in [-0.25, -0.2) is 0 Å². The number of aliphatic hydroxyl groups excluding tert-OH is 1. The van der Waals surface area contributed by atoms with Crippen molar-refractivity contribution in [3.05, 3.63) is 13.2 Å². The summed E-state index contributed by atoms with van der Waals surface area (Å²) in [5.74, 6) is 0. The van der Waals surface area contributed by atoms with Crippen molar-refractivity contribution in [3.8, 4) is 0 Å². The van der Waals surface area contributed by atoms with E-state index in [1.807, 2.05) is 0 Å². The summed E-state index contributed by atoms with van der Waals surface area (Å²) in [4.78, 5) is 0. The number of hydrogen-bond donors (Lipinski definition) is 1. The molecule has 0 bridgehead atoms. The van der Waals surface area contributed by atoms with Gasteiger partial charge in [0.2, 0.25) is 0 Å². The Hall–Kier alpha value is -0.300. The maximum absolute atomic E-state index is 8.06. The average Bonchev–Trinajstić information content (AvgIpc) is 1.41. The topological polar surface area (TPSA) is 20.2 Å². The molecule has 0 amide bonds. The van der Waals surface area contributed by atoms with Crippen LogP contribution in [0.25, 0.3) is 0 Å². The molecule has 0 aromatic rings. The summed E-state index contributed by atoms with van der Waals surface area (Å²) in [5.41, 5.74) is 0. The zero-order valence-corrected chi connectivity index (χ0v) is 4.44. The van der Waals surface area contributed by atoms with Crippen LogP contribution in [0.1, 0.15) is 13.8 Å². The minimum absolute atomic E-state index is 0.167. The second-order valence-corrected chi connectivity index (χ2v) is 1.09. The van der Waals surface area contributed by atoms with Gasteiger partial charge in [0.05, 0.1) is 0 Å². The Kier molecular flexibility index (Phi) is 13.5. The first kappa shape index (κ1) is 9.20. The summed E-state index contributed by atoms with van der Waals surface area (Å²) in [5, 5.41) is 8.06. The Labute approximate surface area is 39.3 Å². The minimum Gasteiger partial charge on any atom is -0.394 e. The molecule has 0 heterocycles. The summed E-state index contributed by atoms with van der Waals surface area (Å²) in [7, 11) is 0. The lowest BCUT2D eigenvalue weighted by Gasteiger charge is -1.80. The van der Waals surface area contributed by atoms with E-state index in [1.54, 1.807) is 13.8 Å². The summed E-state index contributed by atoms with van der Waals surface area (Å²) in [6.45, 7) is 9.44. The Bertz CT molecular complexity index is 15.1. The van der Waals surface area contributed by atoms with E-state index in [1.165, 1.54) is 0 Å². The lowest BCUT2D eigenvalue weighted by molar-refractivity contribution is 0.216. The van der Waals surface area contributed by atoms with Crippen LogP contribution in [0.2, 0.25) is 0 Å². The van der Waals surface area contributed by atoms with Gasteiger partial charge in [0.1, 0.15) is 0 Å². The summed E-state index contributed by atoms with van der Waals surface area (Å²) in [6, 6.07) is 0. The first-order valence-electron chi connectivity index (χ1n) is 1.91. The quantitative estimate of drug-likeness (QED) is 0.441. The highest BCUT2D eigenvalue weighted by Crippen LogP contribution is 1.65. The number of hydrogen-bond acceptors (Lipinski definition) is 1. The molecule has 0 spiro atoms. The predicted octanol–water partition coefficient (Wildman–Crippen LogP) is 1.19. The summed E-state index contributed by atoms with van der Waals surface area (Å²) in [6.07, 6.45) is -0.167. The van der Waals surface area contributed by atoms with Crippen LogP contribution in [-0.4, -0.2) is 11.2 Å². The lowest BCUT2D eigenvalue weighted by Crippen LogP contribution is -1.85. The van der Waals surface area contributed by atoms with Crippen LogP contribution in [-0.2, 0) is 0 Å². The Balaban J connectivity index is 0. The molecule has 0 saturated heterocycles. The van der Waals surface area contributed by atoms with Gasteiger partial charge in [0.15, 0.2) is 0 Å². The standard InChI is InChI=1S/C3H8O.C2H4/c1-3(2)4;1-2/h3-4H,1-2H3;1-2H2. The molecule has 6 heavy (non-hydrogen) atoms. The zero-order valence-electron chi connectivity index (χ0n) is 4.44. The van der Waals surface area contributed by atoms with Gasteiger partial charge in [-0.3, -0.25) is 0 Å². The van der Waals surface area contributed by atoms with E-state index in [-0.39, 0.29) is 6.10 Å². The highest BCUT2D eigenvalue weighted by molar-refractivity contribution is 4.22. The second kappa shape index (κ2) is 8.83. The van der Waals surface area contributed by atoms with E-state index in [0.29, 0.717) is 0 Å². The van der Waals surface area contributed by atoms with E-state index < -0.39 is 0 Å². The summed E-state index contributed by atoms with van der Waals surface area (Å²) >= 11 is 0. The Morgan fingerprint density at radius 3 is 1.33 bits per heavy atom. The van der Waals surface area contributed by atoms with Crippen molar-refractivity contribution in [3.63, 3.8) is 0 Å². The third-order valence-electron chi connectivity index (χ3n) is 0. The summed E-state index contributed by atoms with van der Waals surface area (Å²) < 4.78 is 0. The molecule has 1 N–H and O–H groups in total. The first-order valence-corrected chi connectivity index (χ1v) is 1.91. The van der Waals surface area contributed by atoms with E-state index >= 15 is 0 Å². The molecule has 0 aliphatic rings. The highest BCUT2D eigenvalue weighted by atomic mass is 16.3. The molecule has 0 fully saturated rings. The molecule has 0 rings (SSSR count). The zero-order chi connectivity index (χ0) is 5.58. The molecule has 0 radical (unpaired) electrons. The monoisotopic (exact) mass is 88.1 g/mol. The van der Waals surface area contributed by atoms with Gasteiger partial charge in [0, 0.05) is 6.10 Å². The molecule has 0 atom stereocenters. The van der Waals surface area contributed by atoms with Gasteiger partial charge in [-0.05, 0) is 13.8 Å². The third kappa shape index (κ3) is 300. The van der Waals surface area contributed by atoms with Crippen molar-refractivity contribution in [1.82, 2.24) is 0 Å². The van der Waals surface area contributed by atoms with E-state index in [9.17, 15) is 0 Å². The van der Waals surface area contributed by atoms with Gasteiger partial charge in [-0.2, -0.15) is 0 Å². The van der Waals surface area contributed by atoms with Crippen molar-refractivity contribution in [1.29, 1.82) is 0 Å². The van der Waals surface area contributed by atoms with Gasteiger partial charge in [-0.1, -0.05) is 0 Å². The van der Waals surface area contributed by atoms with Crippen molar-refractivity contribution in [2.45, 2.75) is 20.0 Å². The van der Waals surface area contributed by atoms with Crippen LogP contribution in [0.15, 0.2) is 13.2 Å². The van der Waals surface area contributed by atoms with E-state index in [2.05, 4.69) is 13.2 Å². The maximum Gasteiger partial charge on any atom is 0.0483 e. The lowest BCUT2D eigenvalue weighted by atomic mass is 10.5. The normalized spacial score (nSPS) is 6.67. The van der Waals surface area contributed by atoms with Crippen molar-refractivity contribution >= 4 is 0 Å². The average molecular weight is 88.1 g/mol. The SMILES string of the molecule is C=C.CC(C)O. The Morgan fingerprint density at radius 2 is 1.33 bits per heavy atom. The third-order valence-corrected chi connectivity index (χ3v) is 0. The molecule has 0 unspecified atom stereocenters. The second-order valence-electron chi connectivity index (χ2n) is 1.09. The van der Waals surface area contributed by atoms with Gasteiger partial charge < -0.3 is 5.11 Å². The van der Waals surface area contributed by atoms with Crippen LogP contribution in [0.3, 0.4) is 0 Å². The van der Waals surface area contributed by atoms with Gasteiger partial charge >= 0.3 is 0 Å². The minimum atomic E-state index is -0.167. The van der Waals surface area contributed by atoms with Crippen LogP contribution in [0, 0.1) is 0 Å². The van der Waals surface area contributed by atoms with Crippen molar-refractivity contribution in [2.75, 3.05) is 0 Å². The van der Waals surface area contributed by atoms with Crippen molar-refractivity contribution in [2.24, 2.45) is 0 Å². The number of rotatable bonds is 0. The van der Waals surface area contributed by atoms with Crippen molar-refractivity contribution < 1.29 is 5.11 Å². The predicted molar refractivity (Wildman–Crippen MR) is 28.6 cm³/mol. The fourth-order valence-corrected chi connectivity index (χ4v) is 0. The molecule has 0 aromatic heterocycles. The molecule has 38 valence electrons. The van der Waals surface area contributed by atoms with Gasteiger partial charge in [0.25, 0.3) is 0 Å². The molecule has 0 saturated carbocycles. The fraction of sp³-hybridized carbons (Fsp3) is 0.600. The Morgan fingerprint density at radius 1 is 1.33 bits per heavy atom. The molecule has 1 nitrogen and oxygen atoms in total. The smallest absolute Gasteiger partial charge is 0.0483 e. The van der Waals surface area contributed by atoms with Crippen LogP contribution >= 0.6 is 0 Å². The molecular formula is C5H12O. The fourth-order valence-electron chi connectivity index (χ4n) is 0. The largest absolute Gasteiger partial charge is 0.394 e. The highest BCUT2D eigenvalue weighted by Gasteiger charge is 1.69. The molecule has 0 aliphatic carbocycles. The van der Waals surface area contributed by atoms with Gasteiger partial charge in [-0.15, -0.1) is 13.2 Å².